The number of rotatable bonds is 2. The topological polar surface area (TPSA) is 71.3 Å². The first-order valence-corrected chi connectivity index (χ1v) is 11.1. The highest BCUT2D eigenvalue weighted by atomic mass is 16.5. The normalized spacial score (nSPS) is 14.6. The van der Waals surface area contributed by atoms with Gasteiger partial charge in [-0.15, -0.1) is 0 Å². The van der Waals surface area contributed by atoms with Crippen LogP contribution >= 0.6 is 0 Å². The molecule has 4 heterocycles. The molecule has 0 N–H and O–H groups in total. The minimum atomic E-state index is -0.636. The van der Waals surface area contributed by atoms with E-state index in [9.17, 15) is 9.59 Å². The van der Waals surface area contributed by atoms with Crippen molar-refractivity contribution in [1.82, 2.24) is 13.7 Å². The Hall–Kier alpha value is -4.26. The third-order valence-electron chi connectivity index (χ3n) is 6.66. The monoisotopic (exact) mass is 453 g/mol. The highest BCUT2D eigenvalue weighted by molar-refractivity contribution is 5.98. The smallest absolute Gasteiger partial charge is 0.331 e. The summed E-state index contributed by atoms with van der Waals surface area (Å²) in [5, 5.41) is 0.475. The molecule has 1 aliphatic rings. The first-order chi connectivity index (χ1) is 16.4. The van der Waals surface area contributed by atoms with E-state index in [1.807, 2.05) is 62.4 Å². The van der Waals surface area contributed by atoms with Gasteiger partial charge in [0.2, 0.25) is 0 Å². The van der Waals surface area contributed by atoms with Gasteiger partial charge in [-0.25, -0.2) is 4.79 Å². The predicted molar refractivity (Wildman–Crippen MR) is 130 cm³/mol. The molecule has 0 amide bonds. The van der Waals surface area contributed by atoms with Gasteiger partial charge < -0.3 is 13.7 Å². The first-order valence-electron chi connectivity index (χ1n) is 11.1. The van der Waals surface area contributed by atoms with Gasteiger partial charge in [-0.1, -0.05) is 30.3 Å². The van der Waals surface area contributed by atoms with Gasteiger partial charge >= 0.3 is 5.69 Å². The first kappa shape index (κ1) is 20.4. The number of aryl methyl sites for hydroxylation is 3. The van der Waals surface area contributed by atoms with Crippen LogP contribution in [0, 0.1) is 13.8 Å². The largest absolute Gasteiger partial charge is 0.474 e. The Morgan fingerprint density at radius 3 is 2.44 bits per heavy atom. The van der Waals surface area contributed by atoms with Gasteiger partial charge in [0.05, 0.1) is 34.2 Å². The molecular formula is C27H23N3O4. The van der Waals surface area contributed by atoms with E-state index in [1.165, 1.54) is 11.6 Å². The second-order valence-electron chi connectivity index (χ2n) is 8.80. The van der Waals surface area contributed by atoms with Gasteiger partial charge in [0, 0.05) is 19.7 Å². The van der Waals surface area contributed by atoms with E-state index in [0.717, 1.165) is 32.6 Å². The molecular weight excluding hydrogens is 430 g/mol. The van der Waals surface area contributed by atoms with Crippen LogP contribution in [0.5, 0.6) is 5.75 Å². The standard InChI is InChI=1S/C27H23N3O4/c1-15-11-12-19-18(14-15)30-22(17-9-6-5-8-16(17)2)21-23(28(3)27(32)29(4)26(21)31)24(30)25(34-19)20-10-7-13-33-20/h5-14,25H,1-4H3. The van der Waals surface area contributed by atoms with Crippen molar-refractivity contribution in [3.8, 4) is 22.7 Å². The van der Waals surface area contributed by atoms with Crippen molar-refractivity contribution in [2.24, 2.45) is 14.1 Å². The van der Waals surface area contributed by atoms with E-state index >= 15 is 0 Å². The zero-order valence-electron chi connectivity index (χ0n) is 19.3. The molecule has 0 saturated heterocycles. The summed E-state index contributed by atoms with van der Waals surface area (Å²) in [6.07, 6.45) is 0.960. The number of nitrogens with zero attached hydrogens (tertiary/aromatic N) is 3. The summed E-state index contributed by atoms with van der Waals surface area (Å²) in [5.41, 5.74) is 5.06. The average Bonchev–Trinajstić information content (AvgIpc) is 3.48. The molecule has 5 aromatic rings. The third-order valence-corrected chi connectivity index (χ3v) is 6.66. The summed E-state index contributed by atoms with van der Waals surface area (Å²) in [4.78, 5) is 26.7. The maximum absolute atomic E-state index is 13.7. The maximum Gasteiger partial charge on any atom is 0.331 e. The Kier molecular flexibility index (Phi) is 4.26. The van der Waals surface area contributed by atoms with E-state index in [2.05, 4.69) is 4.57 Å². The van der Waals surface area contributed by atoms with Crippen LogP contribution in [0.4, 0.5) is 0 Å². The molecule has 3 aromatic heterocycles. The number of benzene rings is 2. The maximum atomic E-state index is 13.7. The summed E-state index contributed by atoms with van der Waals surface area (Å²) < 4.78 is 17.0. The van der Waals surface area contributed by atoms with Crippen LogP contribution < -0.4 is 16.0 Å². The van der Waals surface area contributed by atoms with Gasteiger partial charge in [0.15, 0.2) is 11.9 Å². The number of ether oxygens (including phenoxy) is 1. The lowest BCUT2D eigenvalue weighted by Crippen LogP contribution is -2.37. The molecule has 1 atom stereocenters. The quantitative estimate of drug-likeness (QED) is 0.398. The van der Waals surface area contributed by atoms with Crippen LogP contribution in [0.15, 0.2) is 74.9 Å². The molecule has 0 spiro atoms. The van der Waals surface area contributed by atoms with E-state index in [-0.39, 0.29) is 5.56 Å². The molecule has 6 rings (SSSR count). The lowest BCUT2D eigenvalue weighted by molar-refractivity contribution is 0.199. The SMILES string of the molecule is Cc1ccc2c(c1)-n1c(-c3ccccc3C)c3c(=O)n(C)c(=O)n(C)c3c1C(c1ccco1)O2. The van der Waals surface area contributed by atoms with Gasteiger partial charge in [0.25, 0.3) is 5.56 Å². The second kappa shape index (κ2) is 7.12. The van der Waals surface area contributed by atoms with Crippen LogP contribution in [0.25, 0.3) is 27.8 Å². The van der Waals surface area contributed by atoms with Gasteiger partial charge in [-0.3, -0.25) is 13.9 Å². The second-order valence-corrected chi connectivity index (χ2v) is 8.80. The summed E-state index contributed by atoms with van der Waals surface area (Å²) >= 11 is 0. The van der Waals surface area contributed by atoms with E-state index in [1.54, 1.807) is 19.4 Å². The Balaban J connectivity index is 1.92. The fraction of sp³-hybridized carbons (Fsp3) is 0.185. The number of hydrogen-bond donors (Lipinski definition) is 0. The fourth-order valence-corrected chi connectivity index (χ4v) is 5.00. The molecule has 1 aliphatic heterocycles. The molecule has 2 aromatic carbocycles. The highest BCUT2D eigenvalue weighted by Gasteiger charge is 2.37. The van der Waals surface area contributed by atoms with Crippen LogP contribution in [0.3, 0.4) is 0 Å². The molecule has 1 unspecified atom stereocenters. The molecule has 7 nitrogen and oxygen atoms in total. The van der Waals surface area contributed by atoms with E-state index < -0.39 is 11.8 Å². The minimum absolute atomic E-state index is 0.342. The number of fused-ring (bicyclic) bond motifs is 5. The zero-order valence-corrected chi connectivity index (χ0v) is 19.3. The minimum Gasteiger partial charge on any atom is -0.474 e. The third kappa shape index (κ3) is 2.64. The van der Waals surface area contributed by atoms with Gasteiger partial charge in [0.1, 0.15) is 5.75 Å². The molecule has 170 valence electrons. The molecule has 7 heteroatoms. The van der Waals surface area contributed by atoms with Crippen molar-refractivity contribution in [1.29, 1.82) is 0 Å². The number of aromatic nitrogens is 3. The molecule has 34 heavy (non-hydrogen) atoms. The molecule has 0 saturated carbocycles. The van der Waals surface area contributed by atoms with E-state index in [0.29, 0.717) is 28.1 Å². The van der Waals surface area contributed by atoms with E-state index in [4.69, 9.17) is 9.15 Å². The fourth-order valence-electron chi connectivity index (χ4n) is 5.00. The Labute approximate surface area is 195 Å². The lowest BCUT2D eigenvalue weighted by atomic mass is 10.0. The zero-order chi connectivity index (χ0) is 23.7. The molecule has 0 aliphatic carbocycles. The number of hydrogen-bond acceptors (Lipinski definition) is 4. The summed E-state index contributed by atoms with van der Waals surface area (Å²) in [6, 6.07) is 17.6. The summed E-state index contributed by atoms with van der Waals surface area (Å²) in [6.45, 7) is 4.04. The molecule has 0 fully saturated rings. The van der Waals surface area contributed by atoms with Crippen LogP contribution in [-0.4, -0.2) is 13.7 Å². The van der Waals surface area contributed by atoms with Crippen LogP contribution in [0.1, 0.15) is 28.7 Å². The Morgan fingerprint density at radius 2 is 1.71 bits per heavy atom. The highest BCUT2D eigenvalue weighted by Crippen LogP contribution is 2.47. The van der Waals surface area contributed by atoms with Crippen molar-refractivity contribution < 1.29 is 9.15 Å². The predicted octanol–water partition coefficient (Wildman–Crippen LogP) is 4.39. The number of furan rings is 1. The van der Waals surface area contributed by atoms with Crippen molar-refractivity contribution in [2.45, 2.75) is 20.0 Å². The lowest BCUT2D eigenvalue weighted by Gasteiger charge is -2.29. The summed E-state index contributed by atoms with van der Waals surface area (Å²) in [5.74, 6) is 1.27. The molecule has 0 radical (unpaired) electrons. The average molecular weight is 453 g/mol. The van der Waals surface area contributed by atoms with Crippen molar-refractivity contribution >= 4 is 10.9 Å². The van der Waals surface area contributed by atoms with Crippen LogP contribution in [-0.2, 0) is 14.1 Å². The molecule has 0 bridgehead atoms. The van der Waals surface area contributed by atoms with Crippen LogP contribution in [0.2, 0.25) is 0 Å². The van der Waals surface area contributed by atoms with Gasteiger partial charge in [-0.2, -0.15) is 0 Å². The van der Waals surface area contributed by atoms with Gasteiger partial charge in [-0.05, 0) is 49.2 Å². The van der Waals surface area contributed by atoms with Crippen molar-refractivity contribution in [3.63, 3.8) is 0 Å². The summed E-state index contributed by atoms with van der Waals surface area (Å²) in [7, 11) is 3.21. The Bertz CT molecular complexity index is 1720. The Morgan fingerprint density at radius 1 is 0.912 bits per heavy atom. The van der Waals surface area contributed by atoms with Crippen molar-refractivity contribution in [2.75, 3.05) is 0 Å². The van der Waals surface area contributed by atoms with Crippen molar-refractivity contribution in [3.05, 3.63) is 104 Å².